The standard InChI is InChI=1S/C19H25N5/c1-2-4-16(5-3-1)15-23-8-10-24(11-9-23)19-21-13-17(14-22-19)12-20-18-6-7-18/h1-5,13-14,18,20H,6-12,15H2. The van der Waals surface area contributed by atoms with E-state index in [9.17, 15) is 0 Å². The third-order valence-corrected chi connectivity index (χ3v) is 4.77. The molecule has 0 radical (unpaired) electrons. The molecule has 5 nitrogen and oxygen atoms in total. The van der Waals surface area contributed by atoms with E-state index in [0.717, 1.165) is 51.3 Å². The molecular weight excluding hydrogens is 298 g/mol. The summed E-state index contributed by atoms with van der Waals surface area (Å²) in [6.07, 6.45) is 6.56. The van der Waals surface area contributed by atoms with Gasteiger partial charge in [0.1, 0.15) is 0 Å². The van der Waals surface area contributed by atoms with E-state index in [4.69, 9.17) is 0 Å². The van der Waals surface area contributed by atoms with E-state index >= 15 is 0 Å². The fourth-order valence-corrected chi connectivity index (χ4v) is 3.10. The van der Waals surface area contributed by atoms with E-state index in [1.807, 2.05) is 12.4 Å². The van der Waals surface area contributed by atoms with Crippen LogP contribution in [0.4, 0.5) is 5.95 Å². The zero-order valence-electron chi connectivity index (χ0n) is 14.1. The highest BCUT2D eigenvalue weighted by atomic mass is 15.3. The maximum absolute atomic E-state index is 4.57. The molecule has 1 aliphatic heterocycles. The molecule has 0 atom stereocenters. The Morgan fingerprint density at radius 1 is 0.917 bits per heavy atom. The molecule has 1 N–H and O–H groups in total. The van der Waals surface area contributed by atoms with Gasteiger partial charge in [0.05, 0.1) is 0 Å². The lowest BCUT2D eigenvalue weighted by molar-refractivity contribution is 0.248. The molecule has 24 heavy (non-hydrogen) atoms. The van der Waals surface area contributed by atoms with E-state index < -0.39 is 0 Å². The molecule has 1 aliphatic carbocycles. The first kappa shape index (κ1) is 15.5. The van der Waals surface area contributed by atoms with Crippen LogP contribution < -0.4 is 10.2 Å². The van der Waals surface area contributed by atoms with Crippen molar-refractivity contribution < 1.29 is 0 Å². The predicted molar refractivity (Wildman–Crippen MR) is 95.8 cm³/mol. The second-order valence-corrected chi connectivity index (χ2v) is 6.80. The zero-order chi connectivity index (χ0) is 16.2. The third-order valence-electron chi connectivity index (χ3n) is 4.77. The van der Waals surface area contributed by atoms with Gasteiger partial charge in [-0.15, -0.1) is 0 Å². The minimum Gasteiger partial charge on any atom is -0.338 e. The van der Waals surface area contributed by atoms with E-state index in [1.54, 1.807) is 0 Å². The van der Waals surface area contributed by atoms with Crippen molar-refractivity contribution in [1.82, 2.24) is 20.2 Å². The average molecular weight is 323 g/mol. The number of rotatable bonds is 6. The van der Waals surface area contributed by atoms with Crippen molar-refractivity contribution >= 4 is 5.95 Å². The summed E-state index contributed by atoms with van der Waals surface area (Å²) in [7, 11) is 0. The fraction of sp³-hybridized carbons (Fsp3) is 0.474. The smallest absolute Gasteiger partial charge is 0.225 e. The summed E-state index contributed by atoms with van der Waals surface area (Å²) in [6.45, 7) is 6.02. The quantitative estimate of drug-likeness (QED) is 0.881. The van der Waals surface area contributed by atoms with Gasteiger partial charge in [-0.1, -0.05) is 30.3 Å². The van der Waals surface area contributed by atoms with Gasteiger partial charge in [0.15, 0.2) is 0 Å². The van der Waals surface area contributed by atoms with Crippen molar-refractivity contribution in [2.45, 2.75) is 32.0 Å². The van der Waals surface area contributed by atoms with Crippen molar-refractivity contribution in [3.05, 3.63) is 53.9 Å². The minimum absolute atomic E-state index is 0.724. The molecule has 1 aromatic carbocycles. The van der Waals surface area contributed by atoms with Crippen LogP contribution in [0.5, 0.6) is 0 Å². The number of hydrogen-bond acceptors (Lipinski definition) is 5. The lowest BCUT2D eigenvalue weighted by Gasteiger charge is -2.34. The largest absolute Gasteiger partial charge is 0.338 e. The van der Waals surface area contributed by atoms with Crippen LogP contribution in [-0.2, 0) is 13.1 Å². The van der Waals surface area contributed by atoms with Gasteiger partial charge in [0.2, 0.25) is 5.95 Å². The molecule has 126 valence electrons. The van der Waals surface area contributed by atoms with Gasteiger partial charge in [-0.3, -0.25) is 4.90 Å². The van der Waals surface area contributed by atoms with Gasteiger partial charge >= 0.3 is 0 Å². The highest BCUT2D eigenvalue weighted by Crippen LogP contribution is 2.19. The highest BCUT2D eigenvalue weighted by molar-refractivity contribution is 5.31. The molecule has 2 aliphatic rings. The summed E-state index contributed by atoms with van der Waals surface area (Å²) in [5.41, 5.74) is 2.56. The molecule has 2 fully saturated rings. The number of aromatic nitrogens is 2. The van der Waals surface area contributed by atoms with Crippen LogP contribution in [0.3, 0.4) is 0 Å². The number of benzene rings is 1. The van der Waals surface area contributed by atoms with Gasteiger partial charge in [0.25, 0.3) is 0 Å². The normalized spacial score (nSPS) is 18.8. The van der Waals surface area contributed by atoms with E-state index in [-0.39, 0.29) is 0 Å². The number of anilines is 1. The summed E-state index contributed by atoms with van der Waals surface area (Å²) in [5, 5.41) is 3.50. The topological polar surface area (TPSA) is 44.3 Å². The van der Waals surface area contributed by atoms with E-state index in [0.29, 0.717) is 0 Å². The van der Waals surface area contributed by atoms with Gasteiger partial charge in [-0.2, -0.15) is 0 Å². The molecule has 1 saturated carbocycles. The Hall–Kier alpha value is -1.98. The van der Waals surface area contributed by atoms with Crippen LogP contribution in [0, 0.1) is 0 Å². The molecule has 2 aromatic rings. The second-order valence-electron chi connectivity index (χ2n) is 6.80. The van der Waals surface area contributed by atoms with Gasteiger partial charge in [0, 0.05) is 63.3 Å². The molecular formula is C19H25N5. The van der Waals surface area contributed by atoms with E-state index in [1.165, 1.54) is 24.0 Å². The Morgan fingerprint density at radius 2 is 1.62 bits per heavy atom. The monoisotopic (exact) mass is 323 g/mol. The molecule has 1 saturated heterocycles. The highest BCUT2D eigenvalue weighted by Gasteiger charge is 2.21. The van der Waals surface area contributed by atoms with Crippen molar-refractivity contribution in [3.8, 4) is 0 Å². The fourth-order valence-electron chi connectivity index (χ4n) is 3.10. The zero-order valence-corrected chi connectivity index (χ0v) is 14.1. The molecule has 2 heterocycles. The average Bonchev–Trinajstić information content (AvgIpc) is 3.47. The molecule has 0 spiro atoms. The SMILES string of the molecule is c1ccc(CN2CCN(c3ncc(CNC4CC4)cn3)CC2)cc1. The molecule has 0 unspecified atom stereocenters. The van der Waals surface area contributed by atoms with Crippen molar-refractivity contribution in [3.63, 3.8) is 0 Å². The summed E-state index contributed by atoms with van der Waals surface area (Å²) in [6, 6.07) is 11.4. The molecule has 4 rings (SSSR count). The third kappa shape index (κ3) is 4.10. The molecule has 5 heteroatoms. The van der Waals surface area contributed by atoms with Crippen LogP contribution in [0.15, 0.2) is 42.7 Å². The van der Waals surface area contributed by atoms with Gasteiger partial charge in [-0.05, 0) is 18.4 Å². The molecule has 0 bridgehead atoms. The summed E-state index contributed by atoms with van der Waals surface area (Å²) in [5.74, 6) is 0.865. The number of nitrogens with zero attached hydrogens (tertiary/aromatic N) is 4. The number of piperazine rings is 1. The maximum atomic E-state index is 4.57. The maximum Gasteiger partial charge on any atom is 0.225 e. The Kier molecular flexibility index (Phi) is 4.71. The first-order chi connectivity index (χ1) is 11.9. The van der Waals surface area contributed by atoms with Crippen LogP contribution in [0.2, 0.25) is 0 Å². The lowest BCUT2D eigenvalue weighted by atomic mass is 10.2. The Morgan fingerprint density at radius 3 is 2.29 bits per heavy atom. The van der Waals surface area contributed by atoms with Crippen LogP contribution >= 0.6 is 0 Å². The van der Waals surface area contributed by atoms with Crippen LogP contribution in [-0.4, -0.2) is 47.1 Å². The molecule has 1 aromatic heterocycles. The van der Waals surface area contributed by atoms with Crippen molar-refractivity contribution in [2.24, 2.45) is 0 Å². The number of nitrogens with one attached hydrogen (secondary N) is 1. The van der Waals surface area contributed by atoms with Gasteiger partial charge in [-0.25, -0.2) is 9.97 Å². The Labute approximate surface area is 143 Å². The van der Waals surface area contributed by atoms with E-state index in [2.05, 4.69) is 55.4 Å². The predicted octanol–water partition coefficient (Wildman–Crippen LogP) is 2.05. The summed E-state index contributed by atoms with van der Waals surface area (Å²) < 4.78 is 0. The minimum atomic E-state index is 0.724. The Balaban J connectivity index is 1.27. The van der Waals surface area contributed by atoms with Gasteiger partial charge < -0.3 is 10.2 Å². The Bertz CT molecular complexity index is 631. The second kappa shape index (κ2) is 7.28. The van der Waals surface area contributed by atoms with Crippen molar-refractivity contribution in [1.29, 1.82) is 0 Å². The first-order valence-corrected chi connectivity index (χ1v) is 8.92. The molecule has 0 amide bonds. The summed E-state index contributed by atoms with van der Waals surface area (Å²) >= 11 is 0. The first-order valence-electron chi connectivity index (χ1n) is 8.92. The van der Waals surface area contributed by atoms with Crippen LogP contribution in [0.1, 0.15) is 24.0 Å². The van der Waals surface area contributed by atoms with Crippen molar-refractivity contribution in [2.75, 3.05) is 31.1 Å². The number of hydrogen-bond donors (Lipinski definition) is 1. The lowest BCUT2D eigenvalue weighted by Crippen LogP contribution is -2.46. The van der Waals surface area contributed by atoms with Crippen LogP contribution in [0.25, 0.3) is 0 Å². The summed E-state index contributed by atoms with van der Waals surface area (Å²) in [4.78, 5) is 13.9.